The summed E-state index contributed by atoms with van der Waals surface area (Å²) in [6, 6.07) is 17.2. The lowest BCUT2D eigenvalue weighted by Crippen LogP contribution is -2.42. The Morgan fingerprint density at radius 1 is 0.884 bits per heavy atom. The second-order valence-electron chi connectivity index (χ2n) is 11.3. The monoisotopic (exact) mass is 593 g/mol. The largest absolute Gasteiger partial charge is 0.478 e. The van der Waals surface area contributed by atoms with Crippen molar-refractivity contribution in [2.24, 2.45) is 0 Å². The summed E-state index contributed by atoms with van der Waals surface area (Å²) in [5.74, 6) is -0.455. The van der Waals surface area contributed by atoms with Crippen molar-refractivity contribution in [3.05, 3.63) is 86.6 Å². The minimum absolute atomic E-state index is 0.0394. The highest BCUT2D eigenvalue weighted by Gasteiger charge is 2.34. The molecule has 1 aromatic heterocycles. The minimum Gasteiger partial charge on any atom is -0.478 e. The van der Waals surface area contributed by atoms with Gasteiger partial charge in [-0.3, -0.25) is 9.36 Å². The molecule has 9 heteroatoms. The summed E-state index contributed by atoms with van der Waals surface area (Å²) in [6.45, 7) is 6.63. The van der Waals surface area contributed by atoms with Gasteiger partial charge in [-0.25, -0.2) is 14.3 Å². The number of hydrogen-bond acceptors (Lipinski definition) is 6. The molecule has 0 radical (unpaired) electrons. The smallest absolute Gasteiger partial charge is 0.347 e. The first-order chi connectivity index (χ1) is 20.8. The predicted molar refractivity (Wildman–Crippen MR) is 168 cm³/mol. The third-order valence-electron chi connectivity index (χ3n) is 7.52. The number of nitrogens with zero attached hydrogens (tertiary/aromatic N) is 3. The third-order valence-corrected chi connectivity index (χ3v) is 7.52. The molecule has 0 aliphatic carbocycles. The van der Waals surface area contributed by atoms with Crippen LogP contribution in [0.1, 0.15) is 96.1 Å². The number of benzene rings is 2. The Bertz CT molecular complexity index is 1400. The Balaban J connectivity index is 1.58. The Morgan fingerprint density at radius 2 is 1.60 bits per heavy atom. The number of aryl methyl sites for hydroxylation is 1. The van der Waals surface area contributed by atoms with Gasteiger partial charge in [-0.15, -0.1) is 5.10 Å². The minimum atomic E-state index is -1.25. The van der Waals surface area contributed by atoms with E-state index in [2.05, 4.69) is 12.0 Å². The summed E-state index contributed by atoms with van der Waals surface area (Å²) in [7, 11) is 0. The van der Waals surface area contributed by atoms with Crippen LogP contribution in [-0.2, 0) is 24.3 Å². The van der Waals surface area contributed by atoms with Gasteiger partial charge in [0.1, 0.15) is 5.75 Å². The van der Waals surface area contributed by atoms with Gasteiger partial charge >= 0.3 is 17.2 Å². The number of carbonyl (C=O) groups is 1. The van der Waals surface area contributed by atoms with E-state index < -0.39 is 22.8 Å². The molecule has 234 valence electrons. The van der Waals surface area contributed by atoms with Crippen LogP contribution in [-0.4, -0.2) is 37.6 Å². The highest BCUT2D eigenvalue weighted by molar-refractivity contribution is 5.77. The Hall–Kier alpha value is -3.88. The van der Waals surface area contributed by atoms with Crippen LogP contribution in [0.25, 0.3) is 0 Å². The van der Waals surface area contributed by atoms with Crippen LogP contribution in [0.15, 0.2) is 64.2 Å². The van der Waals surface area contributed by atoms with E-state index in [1.807, 2.05) is 55.5 Å². The van der Waals surface area contributed by atoms with Crippen LogP contribution in [0.2, 0.25) is 0 Å². The van der Waals surface area contributed by atoms with E-state index in [0.717, 1.165) is 68.9 Å². The molecular weight excluding hydrogens is 546 g/mol. The Labute approximate surface area is 254 Å². The number of unbranched alkanes of at least 4 members (excludes halogenated alkanes) is 6. The molecule has 1 heterocycles. The molecule has 1 atom stereocenters. The number of ether oxygens (including phenoxy) is 2. The normalized spacial score (nSPS) is 12.5. The van der Waals surface area contributed by atoms with Gasteiger partial charge in [0.2, 0.25) is 5.60 Å². The van der Waals surface area contributed by atoms with Gasteiger partial charge in [-0.2, -0.15) is 0 Å². The molecule has 0 saturated heterocycles. The maximum atomic E-state index is 13.2. The summed E-state index contributed by atoms with van der Waals surface area (Å²) in [4.78, 5) is 38.0. The van der Waals surface area contributed by atoms with Crippen molar-refractivity contribution in [1.29, 1.82) is 0 Å². The SMILES string of the molecule is CCCCCCCn1c(=O)c(OCCCCCc2cccc(OC(C)(CCC)C(=O)O)c2)nn(Cc2ccccc2)c1=O. The Kier molecular flexibility index (Phi) is 13.5. The first kappa shape index (κ1) is 33.6. The van der Waals surface area contributed by atoms with Crippen LogP contribution in [0, 0.1) is 0 Å². The van der Waals surface area contributed by atoms with Crippen LogP contribution < -0.4 is 20.7 Å². The van der Waals surface area contributed by atoms with Crippen LogP contribution in [0.4, 0.5) is 0 Å². The maximum Gasteiger partial charge on any atom is 0.347 e. The number of carboxylic acids is 1. The fraction of sp³-hybridized carbons (Fsp3) is 0.529. The zero-order chi connectivity index (χ0) is 31.1. The topological polar surface area (TPSA) is 113 Å². The van der Waals surface area contributed by atoms with E-state index in [1.165, 1.54) is 9.25 Å². The molecule has 0 saturated carbocycles. The molecule has 0 fully saturated rings. The fourth-order valence-corrected chi connectivity index (χ4v) is 5.04. The summed E-state index contributed by atoms with van der Waals surface area (Å²) >= 11 is 0. The average molecular weight is 594 g/mol. The van der Waals surface area contributed by atoms with Crippen molar-refractivity contribution in [2.45, 2.75) is 110 Å². The molecule has 3 aromatic rings. The summed E-state index contributed by atoms with van der Waals surface area (Å²) < 4.78 is 14.3. The third kappa shape index (κ3) is 10.4. The molecule has 1 N–H and O–H groups in total. The lowest BCUT2D eigenvalue weighted by Gasteiger charge is -2.26. The molecule has 1 unspecified atom stereocenters. The Morgan fingerprint density at radius 3 is 2.33 bits per heavy atom. The van der Waals surface area contributed by atoms with Gasteiger partial charge in [0.25, 0.3) is 5.88 Å². The van der Waals surface area contributed by atoms with Gasteiger partial charge in [0, 0.05) is 6.54 Å². The van der Waals surface area contributed by atoms with Gasteiger partial charge in [0.05, 0.1) is 13.2 Å². The van der Waals surface area contributed by atoms with Crippen LogP contribution >= 0.6 is 0 Å². The van der Waals surface area contributed by atoms with Crippen molar-refractivity contribution < 1.29 is 19.4 Å². The number of hydrogen-bond donors (Lipinski definition) is 1. The standard InChI is InChI=1S/C34H47N3O6/c1-4-6-7-8-14-23-36-31(38)30(35-37(33(36)41)26-28-18-11-9-12-19-28)42-24-15-10-13-17-27-20-16-21-29(25-27)43-34(3,22-5-2)32(39)40/h9,11-12,16,18-21,25H,4-8,10,13-15,17,22-24,26H2,1-3H3,(H,39,40). The highest BCUT2D eigenvalue weighted by Crippen LogP contribution is 2.24. The summed E-state index contributed by atoms with van der Waals surface area (Å²) in [5, 5.41) is 13.9. The fourth-order valence-electron chi connectivity index (χ4n) is 5.04. The second-order valence-corrected chi connectivity index (χ2v) is 11.3. The van der Waals surface area contributed by atoms with Crippen molar-refractivity contribution in [3.63, 3.8) is 0 Å². The molecule has 43 heavy (non-hydrogen) atoms. The molecule has 3 rings (SSSR count). The molecule has 0 amide bonds. The van der Waals surface area contributed by atoms with Gasteiger partial charge in [-0.1, -0.05) is 88.4 Å². The lowest BCUT2D eigenvalue weighted by atomic mass is 10.0. The molecule has 0 aliphatic rings. The molecule has 0 bridgehead atoms. The van der Waals surface area contributed by atoms with Crippen molar-refractivity contribution in [1.82, 2.24) is 14.3 Å². The molecular formula is C34H47N3O6. The second kappa shape index (κ2) is 17.3. The lowest BCUT2D eigenvalue weighted by molar-refractivity contribution is -0.154. The van der Waals surface area contributed by atoms with Crippen LogP contribution in [0.3, 0.4) is 0 Å². The molecule has 9 nitrogen and oxygen atoms in total. The van der Waals surface area contributed by atoms with Gasteiger partial charge in [0.15, 0.2) is 0 Å². The number of aromatic nitrogens is 3. The average Bonchev–Trinajstić information content (AvgIpc) is 2.99. The van der Waals surface area contributed by atoms with Crippen molar-refractivity contribution in [3.8, 4) is 11.6 Å². The van der Waals surface area contributed by atoms with E-state index in [1.54, 1.807) is 13.0 Å². The zero-order valence-corrected chi connectivity index (χ0v) is 25.9. The highest BCUT2D eigenvalue weighted by atomic mass is 16.5. The first-order valence-corrected chi connectivity index (χ1v) is 15.7. The quantitative estimate of drug-likeness (QED) is 0.154. The summed E-state index contributed by atoms with van der Waals surface area (Å²) in [5.41, 5.74) is -0.155. The van der Waals surface area contributed by atoms with Crippen molar-refractivity contribution >= 4 is 5.97 Å². The number of rotatable bonds is 20. The van der Waals surface area contributed by atoms with Crippen LogP contribution in [0.5, 0.6) is 11.6 Å². The van der Waals surface area contributed by atoms with Gasteiger partial charge < -0.3 is 14.6 Å². The predicted octanol–water partition coefficient (Wildman–Crippen LogP) is 6.24. The maximum absolute atomic E-state index is 13.2. The van der Waals surface area contributed by atoms with E-state index in [-0.39, 0.29) is 12.4 Å². The number of carboxylic acid groups (broad SMARTS) is 1. The van der Waals surface area contributed by atoms with Crippen molar-refractivity contribution in [2.75, 3.05) is 6.61 Å². The molecule has 0 spiro atoms. The van der Waals surface area contributed by atoms with E-state index in [9.17, 15) is 19.5 Å². The molecule has 0 aliphatic heterocycles. The van der Waals surface area contributed by atoms with E-state index in [0.29, 0.717) is 31.7 Å². The zero-order valence-electron chi connectivity index (χ0n) is 25.9. The van der Waals surface area contributed by atoms with E-state index >= 15 is 0 Å². The first-order valence-electron chi connectivity index (χ1n) is 15.7. The van der Waals surface area contributed by atoms with E-state index in [4.69, 9.17) is 9.47 Å². The van der Waals surface area contributed by atoms with Gasteiger partial charge in [-0.05, 0) is 68.7 Å². The number of aliphatic carboxylic acids is 1. The summed E-state index contributed by atoms with van der Waals surface area (Å²) in [6.07, 6.45) is 9.48. The molecule has 2 aromatic carbocycles.